The summed E-state index contributed by atoms with van der Waals surface area (Å²) in [6, 6.07) is 2.00. The van der Waals surface area contributed by atoms with Gasteiger partial charge in [-0.25, -0.2) is 4.98 Å². The summed E-state index contributed by atoms with van der Waals surface area (Å²) in [5, 5.41) is 3.47. The lowest BCUT2D eigenvalue weighted by Crippen LogP contribution is -2.35. The van der Waals surface area contributed by atoms with E-state index in [9.17, 15) is 0 Å². The molecule has 0 spiro atoms. The number of nitrogens with zero attached hydrogens (tertiary/aromatic N) is 3. The number of pyridine rings is 1. The van der Waals surface area contributed by atoms with Crippen molar-refractivity contribution < 1.29 is 0 Å². The predicted octanol–water partition coefficient (Wildman–Crippen LogP) is 2.16. The highest BCUT2D eigenvalue weighted by molar-refractivity contribution is 5.38. The second kappa shape index (κ2) is 4.67. The van der Waals surface area contributed by atoms with Gasteiger partial charge in [-0.2, -0.15) is 0 Å². The zero-order chi connectivity index (χ0) is 12.3. The molecule has 0 aliphatic rings. The number of hydrogen-bond acceptors (Lipinski definition) is 3. The number of nitrogens with one attached hydrogen (secondary N) is 1. The molecule has 17 heavy (non-hydrogen) atoms. The molecule has 0 aliphatic heterocycles. The van der Waals surface area contributed by atoms with Gasteiger partial charge in [-0.05, 0) is 26.8 Å². The van der Waals surface area contributed by atoms with Crippen LogP contribution in [-0.4, -0.2) is 20.1 Å². The van der Waals surface area contributed by atoms with E-state index in [-0.39, 0.29) is 5.54 Å². The summed E-state index contributed by atoms with van der Waals surface area (Å²) in [6.07, 6.45) is 9.22. The van der Waals surface area contributed by atoms with Crippen LogP contribution in [0.25, 0.3) is 5.69 Å². The third kappa shape index (κ3) is 3.14. The van der Waals surface area contributed by atoms with Gasteiger partial charge in [0.15, 0.2) is 0 Å². The van der Waals surface area contributed by atoms with Crippen LogP contribution in [0.1, 0.15) is 26.3 Å². The van der Waals surface area contributed by atoms with Gasteiger partial charge in [0, 0.05) is 42.4 Å². The average molecular weight is 230 g/mol. The van der Waals surface area contributed by atoms with Crippen molar-refractivity contribution in [1.82, 2.24) is 19.9 Å². The Bertz CT molecular complexity index is 468. The third-order valence-electron chi connectivity index (χ3n) is 2.47. The van der Waals surface area contributed by atoms with Crippen LogP contribution in [0.5, 0.6) is 0 Å². The molecule has 2 aromatic rings. The van der Waals surface area contributed by atoms with E-state index in [4.69, 9.17) is 0 Å². The molecule has 0 radical (unpaired) electrons. The maximum absolute atomic E-state index is 4.18. The first kappa shape index (κ1) is 11.8. The molecule has 0 unspecified atom stereocenters. The van der Waals surface area contributed by atoms with Crippen LogP contribution in [0.3, 0.4) is 0 Å². The number of imidazole rings is 1. The summed E-state index contributed by atoms with van der Waals surface area (Å²) in [4.78, 5) is 8.25. The van der Waals surface area contributed by atoms with E-state index in [0.29, 0.717) is 0 Å². The molecule has 0 bridgehead atoms. The van der Waals surface area contributed by atoms with Crippen molar-refractivity contribution in [3.05, 3.63) is 42.7 Å². The largest absolute Gasteiger partial charge is 0.308 e. The highest BCUT2D eigenvalue weighted by Crippen LogP contribution is 2.13. The minimum atomic E-state index is 0.0993. The first-order valence-electron chi connectivity index (χ1n) is 5.72. The van der Waals surface area contributed by atoms with E-state index in [2.05, 4.69) is 36.1 Å². The average Bonchev–Trinajstić information content (AvgIpc) is 2.79. The second-order valence-electron chi connectivity index (χ2n) is 5.08. The van der Waals surface area contributed by atoms with Gasteiger partial charge in [0.2, 0.25) is 0 Å². The lowest BCUT2D eigenvalue weighted by atomic mass is 10.1. The summed E-state index contributed by atoms with van der Waals surface area (Å²) < 4.78 is 2.00. The topological polar surface area (TPSA) is 42.7 Å². The first-order chi connectivity index (χ1) is 8.06. The Labute approximate surface area is 102 Å². The van der Waals surface area contributed by atoms with Crippen LogP contribution < -0.4 is 5.32 Å². The van der Waals surface area contributed by atoms with E-state index < -0.39 is 0 Å². The summed E-state index contributed by atoms with van der Waals surface area (Å²) in [5.74, 6) is 0. The van der Waals surface area contributed by atoms with Crippen LogP contribution in [0.2, 0.25) is 0 Å². The number of hydrogen-bond donors (Lipinski definition) is 1. The third-order valence-corrected chi connectivity index (χ3v) is 2.47. The lowest BCUT2D eigenvalue weighted by Gasteiger charge is -2.21. The molecule has 0 aliphatic carbocycles. The van der Waals surface area contributed by atoms with Gasteiger partial charge in [-0.15, -0.1) is 0 Å². The van der Waals surface area contributed by atoms with Gasteiger partial charge in [0.25, 0.3) is 0 Å². The van der Waals surface area contributed by atoms with E-state index in [0.717, 1.165) is 12.2 Å². The molecule has 0 fully saturated rings. The summed E-state index contributed by atoms with van der Waals surface area (Å²) in [7, 11) is 0. The van der Waals surface area contributed by atoms with E-state index in [1.807, 2.05) is 23.0 Å². The Kier molecular flexibility index (Phi) is 3.24. The lowest BCUT2D eigenvalue weighted by molar-refractivity contribution is 0.423. The molecule has 4 nitrogen and oxygen atoms in total. The van der Waals surface area contributed by atoms with Crippen molar-refractivity contribution >= 4 is 0 Å². The second-order valence-corrected chi connectivity index (χ2v) is 5.08. The molecular formula is C13H18N4. The first-order valence-corrected chi connectivity index (χ1v) is 5.72. The molecule has 1 N–H and O–H groups in total. The zero-order valence-corrected chi connectivity index (χ0v) is 10.5. The molecule has 0 aromatic carbocycles. The van der Waals surface area contributed by atoms with Crippen LogP contribution in [0, 0.1) is 0 Å². The monoisotopic (exact) mass is 230 g/mol. The van der Waals surface area contributed by atoms with Crippen LogP contribution in [0.15, 0.2) is 37.2 Å². The molecule has 2 rings (SSSR count). The Balaban J connectivity index is 2.23. The van der Waals surface area contributed by atoms with Gasteiger partial charge in [-0.1, -0.05) is 0 Å². The molecule has 2 aromatic heterocycles. The molecular weight excluding hydrogens is 212 g/mol. The van der Waals surface area contributed by atoms with Gasteiger partial charge in [-0.3, -0.25) is 4.98 Å². The molecule has 0 saturated heterocycles. The van der Waals surface area contributed by atoms with Crippen molar-refractivity contribution in [2.24, 2.45) is 0 Å². The maximum Gasteiger partial charge on any atom is 0.0991 e. The SMILES string of the molecule is CC(C)(C)NCc1cnccc1-n1ccnc1. The number of rotatable bonds is 3. The molecule has 4 heteroatoms. The molecule has 0 amide bonds. The molecule has 2 heterocycles. The Morgan fingerprint density at radius 1 is 1.24 bits per heavy atom. The molecule has 0 atom stereocenters. The Morgan fingerprint density at radius 2 is 2.06 bits per heavy atom. The standard InChI is InChI=1S/C13H18N4/c1-13(2,3)16-9-11-8-14-5-4-12(11)17-7-6-15-10-17/h4-8,10,16H,9H2,1-3H3. The zero-order valence-electron chi connectivity index (χ0n) is 10.5. The molecule has 90 valence electrons. The Hall–Kier alpha value is -1.68. The normalized spacial score (nSPS) is 11.7. The van der Waals surface area contributed by atoms with Crippen LogP contribution in [-0.2, 0) is 6.54 Å². The Morgan fingerprint density at radius 3 is 2.71 bits per heavy atom. The van der Waals surface area contributed by atoms with Crippen molar-refractivity contribution in [3.8, 4) is 5.69 Å². The van der Waals surface area contributed by atoms with Crippen molar-refractivity contribution in [3.63, 3.8) is 0 Å². The van der Waals surface area contributed by atoms with Crippen molar-refractivity contribution in [2.75, 3.05) is 0 Å². The van der Waals surface area contributed by atoms with Crippen LogP contribution >= 0.6 is 0 Å². The fourth-order valence-corrected chi connectivity index (χ4v) is 1.57. The maximum atomic E-state index is 4.18. The highest BCUT2D eigenvalue weighted by Gasteiger charge is 2.10. The highest BCUT2D eigenvalue weighted by atomic mass is 15.0. The van der Waals surface area contributed by atoms with Gasteiger partial charge in [0.05, 0.1) is 12.0 Å². The summed E-state index contributed by atoms with van der Waals surface area (Å²) in [6.45, 7) is 7.26. The van der Waals surface area contributed by atoms with E-state index in [1.54, 1.807) is 18.7 Å². The predicted molar refractivity (Wildman–Crippen MR) is 68.0 cm³/mol. The minimum absolute atomic E-state index is 0.0993. The summed E-state index contributed by atoms with van der Waals surface area (Å²) >= 11 is 0. The van der Waals surface area contributed by atoms with E-state index >= 15 is 0 Å². The van der Waals surface area contributed by atoms with Crippen molar-refractivity contribution in [2.45, 2.75) is 32.9 Å². The molecule has 0 saturated carbocycles. The fraction of sp³-hybridized carbons (Fsp3) is 0.385. The van der Waals surface area contributed by atoms with Gasteiger partial charge >= 0.3 is 0 Å². The van der Waals surface area contributed by atoms with E-state index in [1.165, 1.54) is 5.56 Å². The fourth-order valence-electron chi connectivity index (χ4n) is 1.57. The van der Waals surface area contributed by atoms with Gasteiger partial charge < -0.3 is 9.88 Å². The van der Waals surface area contributed by atoms with Crippen LogP contribution in [0.4, 0.5) is 0 Å². The summed E-state index contributed by atoms with van der Waals surface area (Å²) in [5.41, 5.74) is 2.39. The smallest absolute Gasteiger partial charge is 0.0991 e. The van der Waals surface area contributed by atoms with Crippen molar-refractivity contribution in [1.29, 1.82) is 0 Å². The quantitative estimate of drug-likeness (QED) is 0.878. The minimum Gasteiger partial charge on any atom is -0.308 e. The van der Waals surface area contributed by atoms with Gasteiger partial charge in [0.1, 0.15) is 0 Å². The number of aromatic nitrogens is 3.